The van der Waals surface area contributed by atoms with Gasteiger partial charge in [0.05, 0.1) is 0 Å². The van der Waals surface area contributed by atoms with Gasteiger partial charge in [0.25, 0.3) is 0 Å². The molecule has 2 nitrogen and oxygen atoms in total. The van der Waals surface area contributed by atoms with Crippen molar-refractivity contribution in [3.05, 3.63) is 35.9 Å². The quantitative estimate of drug-likeness (QED) is 0.768. The number of benzene rings is 1. The molecule has 1 heterocycles. The monoisotopic (exact) mass is 279 g/mol. The molecule has 1 aliphatic heterocycles. The number of nitrogens with zero attached hydrogens (tertiary/aromatic N) is 1. The van der Waals surface area contributed by atoms with Crippen molar-refractivity contribution in [1.29, 1.82) is 0 Å². The van der Waals surface area contributed by atoms with Gasteiger partial charge in [-0.15, -0.1) is 11.6 Å². The van der Waals surface area contributed by atoms with E-state index in [1.807, 2.05) is 23.1 Å². The second-order valence-corrected chi connectivity index (χ2v) is 5.93. The number of piperidine rings is 1. The second-order valence-electron chi connectivity index (χ2n) is 5.40. The highest BCUT2D eigenvalue weighted by atomic mass is 35.5. The normalized spacial score (nSPS) is 18.9. The van der Waals surface area contributed by atoms with Gasteiger partial charge < -0.3 is 4.90 Å². The molecule has 2 rings (SSSR count). The van der Waals surface area contributed by atoms with Crippen LogP contribution in [0.1, 0.15) is 44.1 Å². The Bertz CT molecular complexity index is 400. The first kappa shape index (κ1) is 14.4. The second kappa shape index (κ2) is 6.95. The summed E-state index contributed by atoms with van der Waals surface area (Å²) in [7, 11) is 0. The van der Waals surface area contributed by atoms with Crippen molar-refractivity contribution in [1.82, 2.24) is 4.90 Å². The number of carbonyl (C=O) groups excluding carboxylic acids is 1. The molecule has 1 aliphatic rings. The van der Waals surface area contributed by atoms with E-state index in [-0.39, 0.29) is 5.91 Å². The molecule has 0 aromatic heterocycles. The fourth-order valence-corrected chi connectivity index (χ4v) is 3.05. The largest absolute Gasteiger partial charge is 0.341 e. The van der Waals surface area contributed by atoms with Crippen LogP contribution >= 0.6 is 11.6 Å². The summed E-state index contributed by atoms with van der Waals surface area (Å²) in [6.45, 7) is 3.89. The maximum Gasteiger partial charge on any atom is 0.240 e. The van der Waals surface area contributed by atoms with Gasteiger partial charge in [-0.2, -0.15) is 0 Å². The van der Waals surface area contributed by atoms with Crippen LogP contribution in [-0.4, -0.2) is 29.3 Å². The van der Waals surface area contributed by atoms with Gasteiger partial charge in [0.1, 0.15) is 5.38 Å². The van der Waals surface area contributed by atoms with E-state index in [0.717, 1.165) is 25.9 Å². The van der Waals surface area contributed by atoms with Crippen LogP contribution < -0.4 is 0 Å². The molecule has 2 atom stereocenters. The number of carbonyl (C=O) groups is 1. The van der Waals surface area contributed by atoms with E-state index in [4.69, 9.17) is 11.6 Å². The van der Waals surface area contributed by atoms with Crippen LogP contribution in [0.5, 0.6) is 0 Å². The van der Waals surface area contributed by atoms with Crippen LogP contribution in [0.4, 0.5) is 0 Å². The third-order valence-corrected chi connectivity index (χ3v) is 4.23. The Labute approximate surface area is 120 Å². The summed E-state index contributed by atoms with van der Waals surface area (Å²) >= 11 is 6.32. The lowest BCUT2D eigenvalue weighted by Crippen LogP contribution is -2.40. The van der Waals surface area contributed by atoms with E-state index in [1.54, 1.807) is 0 Å². The van der Waals surface area contributed by atoms with Crippen LogP contribution in [0.2, 0.25) is 0 Å². The smallest absolute Gasteiger partial charge is 0.240 e. The van der Waals surface area contributed by atoms with E-state index >= 15 is 0 Å². The molecule has 104 valence electrons. The Morgan fingerprint density at radius 1 is 1.21 bits per heavy atom. The average Bonchev–Trinajstić information content (AvgIpc) is 2.48. The van der Waals surface area contributed by atoms with Crippen molar-refractivity contribution >= 4 is 17.5 Å². The first-order chi connectivity index (χ1) is 9.18. The van der Waals surface area contributed by atoms with Gasteiger partial charge in [-0.3, -0.25) is 4.79 Å². The Morgan fingerprint density at radius 3 is 2.47 bits per heavy atom. The molecule has 0 bridgehead atoms. The summed E-state index contributed by atoms with van der Waals surface area (Å²) in [5, 5.41) is -0.395. The molecule has 0 aliphatic carbocycles. The minimum Gasteiger partial charge on any atom is -0.341 e. The minimum absolute atomic E-state index is 0.115. The molecule has 3 heteroatoms. The van der Waals surface area contributed by atoms with Crippen molar-refractivity contribution in [2.75, 3.05) is 13.1 Å². The Kier molecular flexibility index (Phi) is 5.26. The molecule has 0 saturated carbocycles. The Hall–Kier alpha value is -1.02. The van der Waals surface area contributed by atoms with Crippen molar-refractivity contribution in [2.24, 2.45) is 0 Å². The molecular weight excluding hydrogens is 258 g/mol. The van der Waals surface area contributed by atoms with Gasteiger partial charge in [-0.25, -0.2) is 0 Å². The van der Waals surface area contributed by atoms with Crippen molar-refractivity contribution in [2.45, 2.75) is 43.9 Å². The van der Waals surface area contributed by atoms with Crippen molar-refractivity contribution < 1.29 is 4.79 Å². The number of likely N-dealkylation sites (tertiary alicyclic amines) is 1. The van der Waals surface area contributed by atoms with Gasteiger partial charge in [-0.05, 0) is 37.2 Å². The molecule has 1 aromatic rings. The van der Waals surface area contributed by atoms with E-state index in [2.05, 4.69) is 19.1 Å². The van der Waals surface area contributed by atoms with E-state index in [9.17, 15) is 4.79 Å². The molecule has 19 heavy (non-hydrogen) atoms. The molecule has 1 aromatic carbocycles. The zero-order chi connectivity index (χ0) is 13.7. The summed E-state index contributed by atoms with van der Waals surface area (Å²) in [6, 6.07) is 10.3. The standard InChI is InChI=1S/C16H22ClNO/c1-13(14-8-4-2-5-9-14)12-15(17)16(19)18-10-6-3-7-11-18/h2,4-5,8-9,13,15H,3,6-7,10-12H2,1H3. The van der Waals surface area contributed by atoms with Gasteiger partial charge in [0.15, 0.2) is 0 Å². The zero-order valence-corrected chi connectivity index (χ0v) is 12.3. The lowest BCUT2D eigenvalue weighted by molar-refractivity contribution is -0.131. The van der Waals surface area contributed by atoms with Crippen LogP contribution in [0, 0.1) is 0 Å². The summed E-state index contributed by atoms with van der Waals surface area (Å²) < 4.78 is 0. The topological polar surface area (TPSA) is 20.3 Å². The predicted octanol–water partition coefficient (Wildman–Crippen LogP) is 3.80. The van der Waals surface area contributed by atoms with Gasteiger partial charge in [-0.1, -0.05) is 37.3 Å². The third-order valence-electron chi connectivity index (χ3n) is 3.86. The zero-order valence-electron chi connectivity index (χ0n) is 11.5. The summed E-state index contributed by atoms with van der Waals surface area (Å²) in [4.78, 5) is 14.2. The van der Waals surface area contributed by atoms with E-state index < -0.39 is 5.38 Å². The maximum absolute atomic E-state index is 12.3. The van der Waals surface area contributed by atoms with Gasteiger partial charge >= 0.3 is 0 Å². The highest BCUT2D eigenvalue weighted by Gasteiger charge is 2.25. The van der Waals surface area contributed by atoms with Crippen LogP contribution in [0.15, 0.2) is 30.3 Å². The first-order valence-corrected chi connectivity index (χ1v) is 7.60. The number of alkyl halides is 1. The minimum atomic E-state index is -0.395. The molecule has 0 radical (unpaired) electrons. The number of amides is 1. The van der Waals surface area contributed by atoms with E-state index in [0.29, 0.717) is 12.3 Å². The third kappa shape index (κ3) is 3.97. The lowest BCUT2D eigenvalue weighted by atomic mass is 9.95. The maximum atomic E-state index is 12.3. The summed E-state index contributed by atoms with van der Waals surface area (Å²) in [5.74, 6) is 0.432. The molecule has 0 spiro atoms. The highest BCUT2D eigenvalue weighted by Crippen LogP contribution is 2.24. The van der Waals surface area contributed by atoms with Crippen molar-refractivity contribution in [3.8, 4) is 0 Å². The van der Waals surface area contributed by atoms with E-state index in [1.165, 1.54) is 12.0 Å². The van der Waals surface area contributed by atoms with Gasteiger partial charge in [0.2, 0.25) is 5.91 Å². The fourth-order valence-electron chi connectivity index (χ4n) is 2.64. The van der Waals surface area contributed by atoms with Crippen LogP contribution in [0.3, 0.4) is 0 Å². The molecule has 0 N–H and O–H groups in total. The predicted molar refractivity (Wildman–Crippen MR) is 79.5 cm³/mol. The molecule has 1 saturated heterocycles. The number of halogens is 1. The molecular formula is C16H22ClNO. The summed E-state index contributed by atoms with van der Waals surface area (Å²) in [6.07, 6.45) is 4.17. The lowest BCUT2D eigenvalue weighted by Gasteiger charge is -2.29. The number of hydrogen-bond acceptors (Lipinski definition) is 1. The molecule has 1 amide bonds. The van der Waals surface area contributed by atoms with Crippen LogP contribution in [0.25, 0.3) is 0 Å². The number of hydrogen-bond donors (Lipinski definition) is 0. The SMILES string of the molecule is CC(CC(Cl)C(=O)N1CCCCC1)c1ccccc1. The van der Waals surface area contributed by atoms with Gasteiger partial charge in [0, 0.05) is 13.1 Å². The average molecular weight is 280 g/mol. The molecule has 1 fully saturated rings. The fraction of sp³-hybridized carbons (Fsp3) is 0.562. The molecule has 2 unspecified atom stereocenters. The number of rotatable bonds is 4. The first-order valence-electron chi connectivity index (χ1n) is 7.16. The van der Waals surface area contributed by atoms with Crippen molar-refractivity contribution in [3.63, 3.8) is 0 Å². The summed E-state index contributed by atoms with van der Waals surface area (Å²) in [5.41, 5.74) is 1.25. The van der Waals surface area contributed by atoms with Crippen LogP contribution in [-0.2, 0) is 4.79 Å². The highest BCUT2D eigenvalue weighted by molar-refractivity contribution is 6.30. The Morgan fingerprint density at radius 2 is 1.84 bits per heavy atom. The Balaban J connectivity index is 1.89.